The first-order chi connectivity index (χ1) is 23.6. The van der Waals surface area contributed by atoms with E-state index in [-0.39, 0.29) is 34.0 Å². The molecule has 0 unspecified atom stereocenters. The molecule has 0 rings (SSSR count). The maximum atomic E-state index is 2.37. The van der Waals surface area contributed by atoms with Gasteiger partial charge in [0, 0.05) is 0 Å². The summed E-state index contributed by atoms with van der Waals surface area (Å²) >= 11 is 0. The van der Waals surface area contributed by atoms with Gasteiger partial charge in [-0.2, -0.15) is 0 Å². The molecular weight excluding hydrogens is 740 g/mol. The van der Waals surface area contributed by atoms with Crippen LogP contribution in [0, 0.1) is 0 Å². The number of hydrogen-bond acceptors (Lipinski definition) is 0. The van der Waals surface area contributed by atoms with Crippen molar-refractivity contribution >= 4 is 0 Å². The summed E-state index contributed by atoms with van der Waals surface area (Å²) < 4.78 is 2.93. The SMILES string of the molecule is CCCCCC[N+](CCCCCC)(CCCCCC)CCCCCCCCCC[N+](CCCCCC)(CCCCCC)CCCCCC.[Br-].[Br-]. The molecular formula is C46H98Br2N2. The third-order valence-corrected chi connectivity index (χ3v) is 11.9. The summed E-state index contributed by atoms with van der Waals surface area (Å²) in [5.41, 5.74) is 0. The van der Waals surface area contributed by atoms with E-state index in [1.165, 1.54) is 267 Å². The molecule has 0 spiro atoms. The van der Waals surface area contributed by atoms with Crippen LogP contribution >= 0.6 is 0 Å². The van der Waals surface area contributed by atoms with Crippen LogP contribution in [0.25, 0.3) is 0 Å². The lowest BCUT2D eigenvalue weighted by Crippen LogP contribution is -3.00. The minimum Gasteiger partial charge on any atom is -1.00 e. The third kappa shape index (κ3) is 33.4. The molecule has 0 radical (unpaired) electrons. The third-order valence-electron chi connectivity index (χ3n) is 11.9. The van der Waals surface area contributed by atoms with E-state index in [2.05, 4.69) is 41.5 Å². The number of rotatable bonds is 41. The van der Waals surface area contributed by atoms with Crippen LogP contribution in [0.15, 0.2) is 0 Å². The normalized spacial score (nSPS) is 11.9. The average molecular weight is 839 g/mol. The van der Waals surface area contributed by atoms with Crippen LogP contribution in [-0.2, 0) is 0 Å². The highest BCUT2D eigenvalue weighted by molar-refractivity contribution is 4.56. The molecule has 0 aliphatic heterocycles. The molecule has 0 fully saturated rings. The van der Waals surface area contributed by atoms with Gasteiger partial charge in [-0.05, 0) is 103 Å². The molecule has 306 valence electrons. The van der Waals surface area contributed by atoms with Crippen LogP contribution in [0.5, 0.6) is 0 Å². The zero-order chi connectivity index (χ0) is 35.3. The van der Waals surface area contributed by atoms with Crippen molar-refractivity contribution in [2.75, 3.05) is 52.4 Å². The van der Waals surface area contributed by atoms with Gasteiger partial charge >= 0.3 is 0 Å². The van der Waals surface area contributed by atoms with E-state index in [1.807, 2.05) is 0 Å². The standard InChI is InChI=1S/C46H98N2.2BrH/c1-7-13-19-31-39-47(40-32-20-14-8-2,41-33-21-15-9-3)45-37-29-27-25-26-28-30-38-46-48(42-34-22-16-10-4,43-35-23-17-11-5)44-36-24-18-12-6;;/h7-46H2,1-6H3;2*1H/q+2;;/p-2. The minimum atomic E-state index is 0. The molecule has 0 amide bonds. The lowest BCUT2D eigenvalue weighted by atomic mass is 10.0. The van der Waals surface area contributed by atoms with Crippen LogP contribution in [0.4, 0.5) is 0 Å². The van der Waals surface area contributed by atoms with Crippen molar-refractivity contribution in [3.63, 3.8) is 0 Å². The van der Waals surface area contributed by atoms with E-state index in [1.54, 1.807) is 0 Å². The average Bonchev–Trinajstić information content (AvgIpc) is 3.10. The van der Waals surface area contributed by atoms with Crippen LogP contribution in [0.3, 0.4) is 0 Å². The molecule has 0 bridgehead atoms. The van der Waals surface area contributed by atoms with E-state index in [4.69, 9.17) is 0 Å². The Morgan fingerprint density at radius 3 is 0.440 bits per heavy atom. The Morgan fingerprint density at radius 2 is 0.300 bits per heavy atom. The van der Waals surface area contributed by atoms with Crippen LogP contribution in [-0.4, -0.2) is 61.3 Å². The number of halogens is 2. The van der Waals surface area contributed by atoms with E-state index in [9.17, 15) is 0 Å². The second-order valence-electron chi connectivity index (χ2n) is 16.7. The molecule has 0 saturated heterocycles. The zero-order valence-corrected chi connectivity index (χ0v) is 39.1. The largest absolute Gasteiger partial charge is 1.00 e. The highest BCUT2D eigenvalue weighted by atomic mass is 79.9. The number of quaternary nitrogens is 2. The Hall–Kier alpha value is 0.880. The first-order valence-electron chi connectivity index (χ1n) is 23.3. The minimum absolute atomic E-state index is 0. The molecule has 0 atom stereocenters. The number of hydrogen-bond donors (Lipinski definition) is 0. The Labute approximate surface area is 340 Å². The van der Waals surface area contributed by atoms with E-state index >= 15 is 0 Å². The molecule has 4 heteroatoms. The second-order valence-corrected chi connectivity index (χ2v) is 16.7. The first-order valence-corrected chi connectivity index (χ1v) is 23.3. The lowest BCUT2D eigenvalue weighted by molar-refractivity contribution is -0.929. The van der Waals surface area contributed by atoms with E-state index in [0.29, 0.717) is 0 Å². The summed E-state index contributed by atoms with van der Waals surface area (Å²) in [5, 5.41) is 0. The molecule has 0 N–H and O–H groups in total. The number of unbranched alkanes of at least 4 members (excludes halogenated alkanes) is 25. The number of nitrogens with zero attached hydrogens (tertiary/aromatic N) is 2. The smallest absolute Gasteiger partial charge is 0.0786 e. The van der Waals surface area contributed by atoms with Gasteiger partial charge in [0.15, 0.2) is 0 Å². The van der Waals surface area contributed by atoms with Gasteiger partial charge in [0.05, 0.1) is 52.4 Å². The summed E-state index contributed by atoms with van der Waals surface area (Å²) in [5.74, 6) is 0. The molecule has 2 nitrogen and oxygen atoms in total. The van der Waals surface area contributed by atoms with Crippen molar-refractivity contribution in [2.45, 2.75) is 247 Å². The summed E-state index contributed by atoms with van der Waals surface area (Å²) in [6.45, 7) is 25.9. The van der Waals surface area contributed by atoms with Crippen molar-refractivity contribution < 1.29 is 42.9 Å². The molecule has 0 aromatic heterocycles. The van der Waals surface area contributed by atoms with E-state index in [0.717, 1.165) is 0 Å². The van der Waals surface area contributed by atoms with E-state index < -0.39 is 0 Å². The van der Waals surface area contributed by atoms with Gasteiger partial charge in [-0.3, -0.25) is 0 Å². The van der Waals surface area contributed by atoms with Gasteiger partial charge < -0.3 is 42.9 Å². The maximum Gasteiger partial charge on any atom is 0.0786 e. The topological polar surface area (TPSA) is 0 Å². The predicted molar refractivity (Wildman–Crippen MR) is 221 cm³/mol. The van der Waals surface area contributed by atoms with Crippen molar-refractivity contribution in [3.05, 3.63) is 0 Å². The van der Waals surface area contributed by atoms with Gasteiger partial charge in [0.2, 0.25) is 0 Å². The van der Waals surface area contributed by atoms with Crippen molar-refractivity contribution in [3.8, 4) is 0 Å². The van der Waals surface area contributed by atoms with Crippen molar-refractivity contribution in [2.24, 2.45) is 0 Å². The zero-order valence-electron chi connectivity index (χ0n) is 35.9. The molecule has 0 aromatic rings. The predicted octanol–water partition coefficient (Wildman–Crippen LogP) is 9.23. The highest BCUT2D eigenvalue weighted by Crippen LogP contribution is 2.22. The molecule has 0 aromatic carbocycles. The molecule has 50 heavy (non-hydrogen) atoms. The summed E-state index contributed by atoms with van der Waals surface area (Å²) in [6, 6.07) is 0. The fourth-order valence-corrected chi connectivity index (χ4v) is 8.54. The van der Waals surface area contributed by atoms with Gasteiger partial charge in [-0.15, -0.1) is 0 Å². The second kappa shape index (κ2) is 42.6. The van der Waals surface area contributed by atoms with Gasteiger partial charge in [-0.25, -0.2) is 0 Å². The quantitative estimate of drug-likeness (QED) is 0.0426. The Kier molecular flexibility index (Phi) is 47.1. The van der Waals surface area contributed by atoms with Crippen LogP contribution in [0.1, 0.15) is 247 Å². The fourth-order valence-electron chi connectivity index (χ4n) is 8.54. The van der Waals surface area contributed by atoms with Gasteiger partial charge in [-0.1, -0.05) is 144 Å². The van der Waals surface area contributed by atoms with Gasteiger partial charge in [0.1, 0.15) is 0 Å². The van der Waals surface area contributed by atoms with Gasteiger partial charge in [0.25, 0.3) is 0 Å². The Balaban J connectivity index is -0.0000110. The van der Waals surface area contributed by atoms with Crippen LogP contribution in [0.2, 0.25) is 0 Å². The first kappa shape index (κ1) is 55.2. The Bertz CT molecular complexity index is 498. The monoisotopic (exact) mass is 837 g/mol. The lowest BCUT2D eigenvalue weighted by Gasteiger charge is -2.40. The fraction of sp³-hybridized carbons (Fsp3) is 1.00. The molecule has 0 heterocycles. The summed E-state index contributed by atoms with van der Waals surface area (Å²) in [7, 11) is 0. The summed E-state index contributed by atoms with van der Waals surface area (Å²) in [4.78, 5) is 0. The van der Waals surface area contributed by atoms with Crippen molar-refractivity contribution in [1.29, 1.82) is 0 Å². The molecule has 0 saturated carbocycles. The van der Waals surface area contributed by atoms with Crippen LogP contribution < -0.4 is 34.0 Å². The molecule has 0 aliphatic carbocycles. The highest BCUT2D eigenvalue weighted by Gasteiger charge is 2.27. The molecule has 0 aliphatic rings. The summed E-state index contributed by atoms with van der Waals surface area (Å²) in [6.07, 6.45) is 46.1. The van der Waals surface area contributed by atoms with Crippen molar-refractivity contribution in [1.82, 2.24) is 0 Å². The maximum absolute atomic E-state index is 2.37. The Morgan fingerprint density at radius 1 is 0.180 bits per heavy atom.